The molecule has 5 rings (SSSR count). The molecular weight excluding hydrogens is 513 g/mol. The molecule has 5 nitrogen and oxygen atoms in total. The number of amides is 1. The number of hydrogen-bond donors (Lipinski definition) is 0. The Morgan fingerprint density at radius 3 is 2.59 bits per heavy atom. The van der Waals surface area contributed by atoms with Crippen molar-refractivity contribution < 1.29 is 15.4 Å². The second-order valence-electron chi connectivity index (χ2n) is 10.1. The van der Waals surface area contributed by atoms with E-state index in [0.717, 1.165) is 54.1 Å². The zero-order chi connectivity index (χ0) is 28.4. The number of nitrogens with zero attached hydrogens (tertiary/aromatic N) is 3. The smallest absolute Gasteiger partial charge is 0.230 e. The highest BCUT2D eigenvalue weighted by Gasteiger charge is 2.28. The third-order valence-electron chi connectivity index (χ3n) is 7.23. The maximum Gasteiger partial charge on any atom is 0.230 e. The summed E-state index contributed by atoms with van der Waals surface area (Å²) in [6.07, 6.45) is 9.10. The summed E-state index contributed by atoms with van der Waals surface area (Å²) in [7, 11) is 1.89. The second-order valence-corrected chi connectivity index (χ2v) is 10.5. The van der Waals surface area contributed by atoms with E-state index >= 15 is 0 Å². The Kier molecular flexibility index (Phi) is 7.55. The van der Waals surface area contributed by atoms with Gasteiger partial charge in [0.1, 0.15) is 5.82 Å². The summed E-state index contributed by atoms with van der Waals surface area (Å²) in [6.45, 7) is 0.221. The first kappa shape index (κ1) is 25.5. The molecule has 7 heteroatoms. The fourth-order valence-electron chi connectivity index (χ4n) is 5.15. The molecule has 0 spiro atoms. The van der Waals surface area contributed by atoms with E-state index in [2.05, 4.69) is 5.10 Å². The molecule has 1 aliphatic carbocycles. The molecule has 1 saturated carbocycles. The van der Waals surface area contributed by atoms with E-state index in [1.807, 2.05) is 42.2 Å². The third kappa shape index (κ3) is 6.12. The largest absolute Gasteiger partial charge is 0.308 e. The minimum Gasteiger partial charge on any atom is -0.308 e. The molecule has 1 unspecified atom stereocenters. The molecule has 1 aliphatic rings. The molecule has 0 bridgehead atoms. The van der Waals surface area contributed by atoms with Crippen LogP contribution in [0, 0.1) is 11.7 Å². The van der Waals surface area contributed by atoms with E-state index < -0.39 is 12.3 Å². The van der Waals surface area contributed by atoms with Crippen molar-refractivity contribution in [3.8, 4) is 11.1 Å². The molecular formula is C32H31ClFN3O2. The first-order valence-corrected chi connectivity index (χ1v) is 13.5. The van der Waals surface area contributed by atoms with E-state index in [1.165, 1.54) is 36.1 Å². The van der Waals surface area contributed by atoms with Crippen LogP contribution in [0.5, 0.6) is 0 Å². The topological polar surface area (TPSA) is 55.2 Å². The monoisotopic (exact) mass is 544 g/mol. The molecule has 4 aromatic rings. The van der Waals surface area contributed by atoms with Gasteiger partial charge in [0.15, 0.2) is 5.78 Å². The van der Waals surface area contributed by atoms with Crippen LogP contribution in [-0.4, -0.2) is 21.5 Å². The van der Waals surface area contributed by atoms with Crippen LogP contribution in [0.4, 0.5) is 10.1 Å². The minimum atomic E-state index is -1.19. The number of halogens is 2. The van der Waals surface area contributed by atoms with Crippen LogP contribution in [0.3, 0.4) is 0 Å². The SMILES string of the molecule is [2H]C(c1ccc(-c2ccc3c(cnn3C)c2)cc1Cl)N(C(=O)C1CCCCC1)c1cc(F)cc(/C=C/C(C)=O)c1. The molecule has 0 saturated heterocycles. The molecule has 1 atom stereocenters. The number of aryl methyl sites for hydroxylation is 1. The zero-order valence-corrected chi connectivity index (χ0v) is 22.8. The average Bonchev–Trinajstić information content (AvgIpc) is 3.32. The van der Waals surface area contributed by atoms with E-state index in [1.54, 1.807) is 18.2 Å². The summed E-state index contributed by atoms with van der Waals surface area (Å²) in [5.74, 6) is -1.19. The van der Waals surface area contributed by atoms with Gasteiger partial charge in [-0.05, 0) is 84.5 Å². The lowest BCUT2D eigenvalue weighted by Crippen LogP contribution is -2.37. The first-order chi connectivity index (χ1) is 19.2. The van der Waals surface area contributed by atoms with Gasteiger partial charge in [0.2, 0.25) is 5.91 Å². The van der Waals surface area contributed by atoms with Crippen LogP contribution < -0.4 is 4.90 Å². The normalized spacial score (nSPS) is 15.4. The fraction of sp³-hybridized carbons (Fsp3) is 0.281. The lowest BCUT2D eigenvalue weighted by atomic mass is 9.88. The Morgan fingerprint density at radius 2 is 1.85 bits per heavy atom. The maximum atomic E-state index is 14.8. The molecule has 1 heterocycles. The van der Waals surface area contributed by atoms with Gasteiger partial charge in [0, 0.05) is 29.1 Å². The molecule has 0 aliphatic heterocycles. The van der Waals surface area contributed by atoms with Crippen LogP contribution in [0.2, 0.25) is 5.02 Å². The van der Waals surface area contributed by atoms with E-state index in [0.29, 0.717) is 16.1 Å². The standard InChI is InChI=1S/C32H31ClFN3O2/c1-21(38)8-9-22-14-28(34)18-29(15-22)37(32(39)23-6-4-3-5-7-23)20-26-11-10-25(17-30(26)33)24-12-13-31-27(16-24)19-35-36(31)2/h8-19,23H,3-7,20H2,1-2H3/b9-8+/i20D. The fourth-order valence-corrected chi connectivity index (χ4v) is 5.38. The van der Waals surface area contributed by atoms with Crippen molar-refractivity contribution >= 4 is 46.0 Å². The van der Waals surface area contributed by atoms with E-state index in [-0.39, 0.29) is 23.3 Å². The number of ketones is 1. The number of benzene rings is 3. The number of fused-ring (bicyclic) bond motifs is 1. The van der Waals surface area contributed by atoms with E-state index in [9.17, 15) is 15.4 Å². The lowest BCUT2D eigenvalue weighted by molar-refractivity contribution is -0.123. The number of allylic oxidation sites excluding steroid dienone is 1. The number of carbonyl (C=O) groups excluding carboxylic acids is 2. The molecule has 0 radical (unpaired) electrons. The molecule has 0 N–H and O–H groups in total. The quantitative estimate of drug-likeness (QED) is 0.223. The summed E-state index contributed by atoms with van der Waals surface area (Å²) in [4.78, 5) is 26.7. The van der Waals surface area contributed by atoms with Crippen LogP contribution in [0.1, 0.15) is 51.5 Å². The van der Waals surface area contributed by atoms with Gasteiger partial charge in [0.05, 0.1) is 19.6 Å². The van der Waals surface area contributed by atoms with Gasteiger partial charge in [-0.25, -0.2) is 4.39 Å². The van der Waals surface area contributed by atoms with Crippen molar-refractivity contribution in [2.24, 2.45) is 13.0 Å². The van der Waals surface area contributed by atoms with Crippen molar-refractivity contribution in [2.45, 2.75) is 45.5 Å². The summed E-state index contributed by atoms with van der Waals surface area (Å²) >= 11 is 6.77. The number of rotatable bonds is 7. The minimum absolute atomic E-state index is 0.172. The Morgan fingerprint density at radius 1 is 1.10 bits per heavy atom. The van der Waals surface area contributed by atoms with Crippen molar-refractivity contribution in [1.29, 1.82) is 0 Å². The van der Waals surface area contributed by atoms with E-state index in [4.69, 9.17) is 11.6 Å². The zero-order valence-electron chi connectivity index (χ0n) is 23.0. The van der Waals surface area contributed by atoms with Crippen LogP contribution in [0.15, 0.2) is 66.9 Å². The van der Waals surface area contributed by atoms with Gasteiger partial charge < -0.3 is 4.90 Å². The lowest BCUT2D eigenvalue weighted by Gasteiger charge is -2.30. The van der Waals surface area contributed by atoms with Gasteiger partial charge >= 0.3 is 0 Å². The summed E-state index contributed by atoms with van der Waals surface area (Å²) < 4.78 is 25.8. The van der Waals surface area contributed by atoms with Crippen LogP contribution in [-0.2, 0) is 23.2 Å². The van der Waals surface area contributed by atoms with Gasteiger partial charge in [-0.3, -0.25) is 14.3 Å². The van der Waals surface area contributed by atoms with Crippen molar-refractivity contribution in [2.75, 3.05) is 4.90 Å². The Hall–Kier alpha value is -3.77. The predicted molar refractivity (Wildman–Crippen MR) is 155 cm³/mol. The van der Waals surface area contributed by atoms with Gasteiger partial charge in [-0.1, -0.05) is 55.1 Å². The van der Waals surface area contributed by atoms with Gasteiger partial charge in [-0.15, -0.1) is 0 Å². The summed E-state index contributed by atoms with van der Waals surface area (Å²) in [5, 5.41) is 5.65. The van der Waals surface area contributed by atoms with Crippen molar-refractivity contribution in [3.05, 3.63) is 88.8 Å². The van der Waals surface area contributed by atoms with Gasteiger partial charge in [0.25, 0.3) is 0 Å². The molecule has 200 valence electrons. The number of anilines is 1. The highest BCUT2D eigenvalue weighted by atomic mass is 35.5. The highest BCUT2D eigenvalue weighted by Crippen LogP contribution is 2.33. The number of hydrogen-bond acceptors (Lipinski definition) is 3. The Labute approximate surface area is 234 Å². The molecule has 39 heavy (non-hydrogen) atoms. The van der Waals surface area contributed by atoms with Crippen molar-refractivity contribution in [3.63, 3.8) is 0 Å². The van der Waals surface area contributed by atoms with Crippen LogP contribution >= 0.6 is 11.6 Å². The Bertz CT molecular complexity index is 1610. The summed E-state index contributed by atoms with van der Waals surface area (Å²) in [6, 6.07) is 15.7. The maximum absolute atomic E-state index is 14.8. The number of carbonyl (C=O) groups is 2. The number of aromatic nitrogens is 2. The highest BCUT2D eigenvalue weighted by molar-refractivity contribution is 6.31. The van der Waals surface area contributed by atoms with Gasteiger partial charge in [-0.2, -0.15) is 5.10 Å². The second kappa shape index (κ2) is 11.5. The molecule has 3 aromatic carbocycles. The molecule has 1 amide bonds. The summed E-state index contributed by atoms with van der Waals surface area (Å²) in [5.41, 5.74) is 3.99. The first-order valence-electron chi connectivity index (χ1n) is 13.7. The average molecular weight is 545 g/mol. The third-order valence-corrected chi connectivity index (χ3v) is 7.56. The molecule has 1 fully saturated rings. The van der Waals surface area contributed by atoms with Crippen molar-refractivity contribution in [1.82, 2.24) is 9.78 Å². The Balaban J connectivity index is 1.53. The predicted octanol–water partition coefficient (Wildman–Crippen LogP) is 7.75. The van der Waals surface area contributed by atoms with Crippen LogP contribution in [0.25, 0.3) is 28.1 Å². The molecule has 1 aromatic heterocycles.